The second-order valence-corrected chi connectivity index (χ2v) is 9.40. The van der Waals surface area contributed by atoms with Crippen LogP contribution >= 0.6 is 11.6 Å². The Morgan fingerprint density at radius 2 is 1.98 bits per heavy atom. The monoisotopic (exact) mass is 557 g/mol. The molecule has 0 spiro atoms. The van der Waals surface area contributed by atoms with Crippen molar-refractivity contribution in [3.8, 4) is 17.1 Å². The Kier molecular flexibility index (Phi) is 7.43. The van der Waals surface area contributed by atoms with Gasteiger partial charge in [-0.25, -0.2) is 4.98 Å². The maximum Gasteiger partial charge on any atom is 0.320 e. The van der Waals surface area contributed by atoms with Crippen molar-refractivity contribution in [1.29, 1.82) is 0 Å². The molecule has 10 nitrogen and oxygen atoms in total. The molecule has 1 N–H and O–H groups in total. The van der Waals surface area contributed by atoms with Crippen LogP contribution in [0, 0.1) is 13.8 Å². The third-order valence-electron chi connectivity index (χ3n) is 6.32. The summed E-state index contributed by atoms with van der Waals surface area (Å²) >= 11 is 6.13. The van der Waals surface area contributed by atoms with Crippen LogP contribution in [0.4, 0.5) is 0 Å². The molecule has 11 heteroatoms. The summed E-state index contributed by atoms with van der Waals surface area (Å²) in [6.07, 6.45) is 2.75. The van der Waals surface area contributed by atoms with Crippen molar-refractivity contribution in [3.63, 3.8) is 0 Å². The van der Waals surface area contributed by atoms with Gasteiger partial charge in [-0.1, -0.05) is 11.6 Å². The van der Waals surface area contributed by atoms with Crippen LogP contribution in [-0.4, -0.2) is 34.3 Å². The average Bonchev–Trinajstić information content (AvgIpc) is 2.96. The Hall–Kier alpha value is -4.83. The average molecular weight is 558 g/mol. The zero-order chi connectivity index (χ0) is 28.4. The predicted molar refractivity (Wildman–Crippen MR) is 152 cm³/mol. The number of rotatable bonds is 7. The normalized spacial score (nSPS) is 12.4. The van der Waals surface area contributed by atoms with Gasteiger partial charge in [0.15, 0.2) is 17.0 Å². The molecule has 0 amide bonds. The van der Waals surface area contributed by atoms with Crippen LogP contribution in [0.25, 0.3) is 33.3 Å². The van der Waals surface area contributed by atoms with Crippen LogP contribution in [0.1, 0.15) is 35.4 Å². The number of pyridine rings is 3. The number of carbonyl (C=O) groups is 1. The van der Waals surface area contributed by atoms with E-state index >= 15 is 0 Å². The highest BCUT2D eigenvalue weighted by molar-refractivity contribution is 6.29. The number of halogens is 1. The van der Waals surface area contributed by atoms with E-state index in [4.69, 9.17) is 20.8 Å². The number of carbonyl (C=O) groups excluding carboxylic acids is 1. The summed E-state index contributed by atoms with van der Waals surface area (Å²) in [4.78, 5) is 46.2. The Balaban J connectivity index is 1.63. The largest absolute Gasteiger partial charge is 0.483 e. The molecule has 40 heavy (non-hydrogen) atoms. The van der Waals surface area contributed by atoms with E-state index in [9.17, 15) is 9.59 Å². The predicted octanol–water partition coefficient (Wildman–Crippen LogP) is 5.26. The van der Waals surface area contributed by atoms with Crippen molar-refractivity contribution >= 4 is 45.9 Å². The molecular weight excluding hydrogens is 534 g/mol. The van der Waals surface area contributed by atoms with Gasteiger partial charge < -0.3 is 14.0 Å². The van der Waals surface area contributed by atoms with Crippen LogP contribution < -0.4 is 15.6 Å². The molecule has 0 aliphatic rings. The van der Waals surface area contributed by atoms with Gasteiger partial charge in [-0.15, -0.1) is 0 Å². The summed E-state index contributed by atoms with van der Waals surface area (Å²) < 4.78 is 12.8. The van der Waals surface area contributed by atoms with Crippen molar-refractivity contribution in [2.24, 2.45) is 4.99 Å². The number of ether oxygens (including phenoxy) is 1. The van der Waals surface area contributed by atoms with E-state index in [1.165, 1.54) is 7.05 Å². The lowest BCUT2D eigenvalue weighted by atomic mass is 10.00. The number of amidine groups is 1. The first-order valence-corrected chi connectivity index (χ1v) is 12.6. The number of fused-ring (bicyclic) bond motifs is 2. The molecule has 0 fully saturated rings. The highest BCUT2D eigenvalue weighted by Crippen LogP contribution is 2.34. The molecule has 1 unspecified atom stereocenters. The summed E-state index contributed by atoms with van der Waals surface area (Å²) in [5, 5.41) is 0.625. The van der Waals surface area contributed by atoms with Gasteiger partial charge in [0.05, 0.1) is 16.4 Å². The highest BCUT2D eigenvalue weighted by Gasteiger charge is 2.22. The fourth-order valence-electron chi connectivity index (χ4n) is 4.44. The quantitative estimate of drug-likeness (QED) is 0.0935. The number of aliphatic imine (C=N–C) groups is 1. The first kappa shape index (κ1) is 26.8. The van der Waals surface area contributed by atoms with Gasteiger partial charge in [0.25, 0.3) is 0 Å². The van der Waals surface area contributed by atoms with Gasteiger partial charge in [-0.2, -0.15) is 5.48 Å². The molecule has 0 aliphatic carbocycles. The van der Waals surface area contributed by atoms with Crippen LogP contribution in [-0.2, 0) is 9.63 Å². The van der Waals surface area contributed by atoms with Crippen LogP contribution in [0.3, 0.4) is 0 Å². The first-order chi connectivity index (χ1) is 19.3. The summed E-state index contributed by atoms with van der Waals surface area (Å²) in [7, 11) is 1.50. The Morgan fingerprint density at radius 3 is 2.75 bits per heavy atom. The van der Waals surface area contributed by atoms with Crippen molar-refractivity contribution in [3.05, 3.63) is 92.6 Å². The standard InChI is InChI=1S/C29H24ClN5O5/c1-15-10-19(17(3)39-23-7-8-24(30)34-25(23)29(31-4)35-38-14-36)28-20(11-15)26(37)16(2)27(40-28)18-12-22-21(33-13-18)6-5-9-32-22/h5-14,17H,1-4H3,(H,31,35). The third kappa shape index (κ3) is 5.08. The van der Waals surface area contributed by atoms with Crippen molar-refractivity contribution in [1.82, 2.24) is 20.4 Å². The molecule has 1 atom stereocenters. The Morgan fingerprint density at radius 1 is 1.15 bits per heavy atom. The smallest absolute Gasteiger partial charge is 0.320 e. The lowest BCUT2D eigenvalue weighted by Crippen LogP contribution is -2.26. The van der Waals surface area contributed by atoms with Crippen LogP contribution in [0.15, 0.2) is 69.1 Å². The second kappa shape index (κ2) is 11.1. The van der Waals surface area contributed by atoms with E-state index in [1.807, 2.05) is 38.1 Å². The van der Waals surface area contributed by atoms with Crippen LogP contribution in [0.2, 0.25) is 5.15 Å². The second-order valence-electron chi connectivity index (χ2n) is 9.01. The number of benzene rings is 1. The van der Waals surface area contributed by atoms with Crippen LogP contribution in [0.5, 0.6) is 5.75 Å². The van der Waals surface area contributed by atoms with E-state index in [0.717, 1.165) is 11.1 Å². The van der Waals surface area contributed by atoms with E-state index < -0.39 is 6.10 Å². The molecule has 4 heterocycles. The summed E-state index contributed by atoms with van der Waals surface area (Å²) in [6.45, 7) is 5.68. The van der Waals surface area contributed by atoms with Crippen molar-refractivity contribution < 1.29 is 18.8 Å². The summed E-state index contributed by atoms with van der Waals surface area (Å²) in [5.41, 5.74) is 6.91. The minimum atomic E-state index is -0.607. The topological polar surface area (TPSA) is 129 Å². The lowest BCUT2D eigenvalue weighted by molar-refractivity contribution is -0.132. The zero-order valence-corrected chi connectivity index (χ0v) is 22.8. The summed E-state index contributed by atoms with van der Waals surface area (Å²) in [6, 6.07) is 12.4. The SMILES string of the molecule is CN=C(NOC=O)c1nc(Cl)ccc1OC(C)c1cc(C)cc2c(=O)c(C)c(-c3cnc4cccnc4c3)oc12. The molecule has 0 bridgehead atoms. The highest BCUT2D eigenvalue weighted by atomic mass is 35.5. The Bertz CT molecular complexity index is 1850. The van der Waals surface area contributed by atoms with Gasteiger partial charge in [-0.05, 0) is 68.8 Å². The zero-order valence-electron chi connectivity index (χ0n) is 22.1. The molecule has 0 saturated heterocycles. The maximum absolute atomic E-state index is 13.6. The molecule has 4 aromatic heterocycles. The van der Waals surface area contributed by atoms with E-state index in [-0.39, 0.29) is 28.6 Å². The number of hydrogen-bond acceptors (Lipinski definition) is 9. The number of aromatic nitrogens is 3. The number of nitrogens with zero attached hydrogens (tertiary/aromatic N) is 4. The first-order valence-electron chi connectivity index (χ1n) is 12.3. The van der Waals surface area contributed by atoms with Crippen molar-refractivity contribution in [2.75, 3.05) is 7.05 Å². The fourth-order valence-corrected chi connectivity index (χ4v) is 4.59. The molecule has 0 saturated carbocycles. The van der Waals surface area contributed by atoms with E-state index in [2.05, 4.69) is 30.3 Å². The summed E-state index contributed by atoms with van der Waals surface area (Å²) in [5.74, 6) is 0.848. The van der Waals surface area contributed by atoms with Crippen molar-refractivity contribution in [2.45, 2.75) is 26.9 Å². The van der Waals surface area contributed by atoms with Gasteiger partial charge in [0, 0.05) is 36.1 Å². The van der Waals surface area contributed by atoms with Gasteiger partial charge in [-0.3, -0.25) is 24.5 Å². The van der Waals surface area contributed by atoms with E-state index in [0.29, 0.717) is 44.7 Å². The molecule has 5 rings (SSSR count). The molecule has 0 radical (unpaired) electrons. The third-order valence-corrected chi connectivity index (χ3v) is 6.53. The van der Waals surface area contributed by atoms with E-state index in [1.54, 1.807) is 37.5 Å². The molecule has 5 aromatic rings. The number of aryl methyl sites for hydroxylation is 1. The minimum absolute atomic E-state index is 0.132. The minimum Gasteiger partial charge on any atom is -0.483 e. The van der Waals surface area contributed by atoms with Gasteiger partial charge in [0.1, 0.15) is 28.3 Å². The maximum atomic E-state index is 13.6. The molecular formula is C29H24ClN5O5. The van der Waals surface area contributed by atoms with Gasteiger partial charge in [0.2, 0.25) is 0 Å². The lowest BCUT2D eigenvalue weighted by Gasteiger charge is -2.20. The molecule has 202 valence electrons. The fraction of sp³-hybridized carbons (Fsp3) is 0.172. The number of hydroxylamine groups is 1. The Labute approximate surface area is 233 Å². The molecule has 0 aliphatic heterocycles. The molecule has 1 aromatic carbocycles. The number of hydrogen-bond donors (Lipinski definition) is 1. The number of nitrogens with one attached hydrogen (secondary N) is 1. The van der Waals surface area contributed by atoms with Gasteiger partial charge >= 0.3 is 6.47 Å².